The highest BCUT2D eigenvalue weighted by Gasteiger charge is 2.50. The van der Waals surface area contributed by atoms with Crippen LogP contribution in [0.3, 0.4) is 0 Å². The number of aliphatic hydroxyl groups is 4. The van der Waals surface area contributed by atoms with Gasteiger partial charge in [-0.2, -0.15) is 0 Å². The van der Waals surface area contributed by atoms with Crippen LogP contribution in [-0.2, 0) is 80.6 Å². The van der Waals surface area contributed by atoms with Crippen molar-refractivity contribution >= 4 is 11.8 Å². The van der Waals surface area contributed by atoms with E-state index in [1.807, 2.05) is 0 Å². The van der Waals surface area contributed by atoms with E-state index in [-0.39, 0.29) is 77.2 Å². The number of carbonyl (C=O) groups excluding carboxylic acids is 2. The molecule has 0 aromatic carbocycles. The Morgan fingerprint density at radius 1 is 0.560 bits per heavy atom. The second-order valence-corrected chi connectivity index (χ2v) is 19.3. The van der Waals surface area contributed by atoms with Gasteiger partial charge >= 0.3 is 0 Å². The molecule has 8 unspecified atom stereocenters. The Hall–Kier alpha value is -1.82. The number of hydrogen-bond donors (Lipinski definition) is 4. The van der Waals surface area contributed by atoms with Gasteiger partial charge in [-0.1, -0.05) is 38.5 Å². The molecule has 2 heterocycles. The summed E-state index contributed by atoms with van der Waals surface area (Å²) < 4.78 is 89.3. The number of hydrogen-bond acceptors (Lipinski definition) is 21. The van der Waals surface area contributed by atoms with Gasteiger partial charge in [-0.3, -0.25) is 9.59 Å². The first kappa shape index (κ1) is 69.3. The van der Waals surface area contributed by atoms with Crippen molar-refractivity contribution in [3.05, 3.63) is 0 Å². The fourth-order valence-corrected chi connectivity index (χ4v) is 10.3. The quantitative estimate of drug-likeness (QED) is 0.0632. The highest BCUT2D eigenvalue weighted by molar-refractivity contribution is 5.73. The van der Waals surface area contributed by atoms with Crippen molar-refractivity contribution in [2.45, 2.75) is 183 Å². The standard InChI is InChI=1S/C52H100N2O21/c1-34(58)53(29-40(65-7)47(68-10)45(36(31-57)32-61-3)74-43-28-39(64-6)44(60)42(72-43)33-62-4)24-20-18-16-14-15-17-19-21-25-54(35(2)59)30-41(66-8)48(69-11)49(37(63-5)22-26-55)75-52-51(71-13)50(70-12)46(67-9)38(73-52)23-27-56/h36-52,55-57,60H,14-33H2,1-13H3/t36-,37?,38?,39?,40?,41-,42?,43+,44-,45+,46-,47?,48+,49?,50-,51?,52-/m1/s1. The largest absolute Gasteiger partial charge is 0.396 e. The van der Waals surface area contributed by atoms with E-state index in [9.17, 15) is 30.0 Å². The smallest absolute Gasteiger partial charge is 0.219 e. The Bertz CT molecular complexity index is 1460. The van der Waals surface area contributed by atoms with Crippen LogP contribution >= 0.6 is 0 Å². The topological polar surface area (TPSA) is 260 Å². The van der Waals surface area contributed by atoms with E-state index in [1.165, 1.54) is 63.6 Å². The Balaban J connectivity index is 2.01. The molecule has 2 aliphatic rings. The van der Waals surface area contributed by atoms with Crippen molar-refractivity contribution in [3.63, 3.8) is 0 Å². The average molecular weight is 1090 g/mol. The normalized spacial score (nSPS) is 26.5. The fourth-order valence-electron chi connectivity index (χ4n) is 10.3. The molecule has 4 N–H and O–H groups in total. The highest BCUT2D eigenvalue weighted by Crippen LogP contribution is 2.33. The number of nitrogens with zero attached hydrogens (tertiary/aromatic N) is 2. The molecule has 0 bridgehead atoms. The third-order valence-electron chi connectivity index (χ3n) is 14.6. The molecule has 0 aromatic rings. The monoisotopic (exact) mass is 1090 g/mol. The lowest BCUT2D eigenvalue weighted by Gasteiger charge is -2.47. The number of aliphatic hydroxyl groups excluding tert-OH is 4. The van der Waals surface area contributed by atoms with E-state index < -0.39 is 104 Å². The minimum absolute atomic E-state index is 0.109. The van der Waals surface area contributed by atoms with E-state index in [0.29, 0.717) is 13.1 Å². The summed E-state index contributed by atoms with van der Waals surface area (Å²) in [5.41, 5.74) is 0. The third kappa shape index (κ3) is 22.0. The van der Waals surface area contributed by atoms with E-state index in [4.69, 9.17) is 71.1 Å². The molecule has 23 nitrogen and oxygen atoms in total. The molecule has 0 aromatic heterocycles. The second kappa shape index (κ2) is 39.5. The van der Waals surface area contributed by atoms with Gasteiger partial charge in [0.05, 0.1) is 44.2 Å². The number of unbranched alkanes of at least 4 members (excludes halogenated alkanes) is 7. The lowest BCUT2D eigenvalue weighted by atomic mass is 9.94. The predicted molar refractivity (Wildman–Crippen MR) is 274 cm³/mol. The highest BCUT2D eigenvalue weighted by atomic mass is 16.7. The van der Waals surface area contributed by atoms with E-state index >= 15 is 0 Å². The minimum atomic E-state index is -1.02. The van der Waals surface area contributed by atoms with Crippen LogP contribution in [0.1, 0.15) is 84.5 Å². The molecule has 75 heavy (non-hydrogen) atoms. The molecule has 444 valence electrons. The fraction of sp³-hybridized carbons (Fsp3) is 0.962. The van der Waals surface area contributed by atoms with Gasteiger partial charge in [0.15, 0.2) is 12.6 Å². The van der Waals surface area contributed by atoms with E-state index in [2.05, 4.69) is 0 Å². The van der Waals surface area contributed by atoms with Crippen LogP contribution in [0.5, 0.6) is 0 Å². The van der Waals surface area contributed by atoms with Crippen LogP contribution in [0.15, 0.2) is 0 Å². The summed E-state index contributed by atoms with van der Waals surface area (Å²) in [4.78, 5) is 29.6. The van der Waals surface area contributed by atoms with Crippen molar-refractivity contribution < 1.29 is 101 Å². The second-order valence-electron chi connectivity index (χ2n) is 19.3. The number of rotatable bonds is 43. The van der Waals surface area contributed by atoms with Gasteiger partial charge in [-0.05, 0) is 25.7 Å². The molecular weight excluding hydrogens is 989 g/mol. The Morgan fingerprint density at radius 3 is 1.49 bits per heavy atom. The summed E-state index contributed by atoms with van der Waals surface area (Å²) in [7, 11) is 16.8. The first-order valence-electron chi connectivity index (χ1n) is 26.6. The number of methoxy groups -OCH3 is 11. The van der Waals surface area contributed by atoms with Crippen LogP contribution < -0.4 is 0 Å². The third-order valence-corrected chi connectivity index (χ3v) is 14.6. The first-order valence-corrected chi connectivity index (χ1v) is 26.6. The van der Waals surface area contributed by atoms with Gasteiger partial charge in [-0.25, -0.2) is 0 Å². The van der Waals surface area contributed by atoms with Crippen LogP contribution in [0.25, 0.3) is 0 Å². The zero-order valence-corrected chi connectivity index (χ0v) is 47.6. The van der Waals surface area contributed by atoms with Gasteiger partial charge in [-0.15, -0.1) is 0 Å². The molecule has 2 fully saturated rings. The predicted octanol–water partition coefficient (Wildman–Crippen LogP) is 1.58. The molecule has 2 rings (SSSR count). The maximum atomic E-state index is 13.1. The SMILES string of the molecule is COCC1O[C@@H](O[C@H](C(OC)C(CN(CCCCCCCCCCN(C[C@@H](OC)[C@H](OC)C(O[C@H]2OC(CCO)[C@@H](OC)[C@@H](OC)C2OC)C(CCO)OC)C(C)=O)C(C)=O)OC)[C@H](CO)COC)CC(OC)[C@H]1O. The zero-order valence-electron chi connectivity index (χ0n) is 47.6. The Morgan fingerprint density at radius 2 is 1.08 bits per heavy atom. The molecule has 2 amide bonds. The van der Waals surface area contributed by atoms with Crippen LogP contribution in [0, 0.1) is 5.92 Å². The maximum absolute atomic E-state index is 13.1. The maximum Gasteiger partial charge on any atom is 0.219 e. The van der Waals surface area contributed by atoms with Crippen molar-refractivity contribution in [2.75, 3.05) is 137 Å². The molecule has 0 aliphatic carbocycles. The van der Waals surface area contributed by atoms with E-state index in [1.54, 1.807) is 38.2 Å². The van der Waals surface area contributed by atoms with Crippen molar-refractivity contribution in [1.82, 2.24) is 9.80 Å². The van der Waals surface area contributed by atoms with E-state index in [0.717, 1.165) is 51.4 Å². The summed E-state index contributed by atoms with van der Waals surface area (Å²) in [6.07, 6.45) is -3.72. The molecule has 23 heteroatoms. The molecule has 2 aliphatic heterocycles. The van der Waals surface area contributed by atoms with Crippen molar-refractivity contribution in [1.29, 1.82) is 0 Å². The lowest BCUT2D eigenvalue weighted by molar-refractivity contribution is -0.335. The van der Waals surface area contributed by atoms with Gasteiger partial charge in [0.2, 0.25) is 11.8 Å². The zero-order chi connectivity index (χ0) is 55.9. The van der Waals surface area contributed by atoms with Crippen LogP contribution in [-0.4, -0.2) is 277 Å². The van der Waals surface area contributed by atoms with Gasteiger partial charge in [0, 0.05) is 144 Å². The number of carbonyl (C=O) groups is 2. The number of amides is 2. The van der Waals surface area contributed by atoms with Gasteiger partial charge in [0.25, 0.3) is 0 Å². The van der Waals surface area contributed by atoms with Crippen LogP contribution in [0.2, 0.25) is 0 Å². The molecule has 0 spiro atoms. The Kier molecular flexibility index (Phi) is 36.5. The van der Waals surface area contributed by atoms with Gasteiger partial charge < -0.3 is 101 Å². The lowest BCUT2D eigenvalue weighted by Crippen LogP contribution is -2.62. The number of ether oxygens (including phenoxy) is 15. The molecule has 2 saturated heterocycles. The summed E-state index contributed by atoms with van der Waals surface area (Å²) in [6, 6.07) is 0. The van der Waals surface area contributed by atoms with Gasteiger partial charge in [0.1, 0.15) is 61.0 Å². The summed E-state index contributed by atoms with van der Waals surface area (Å²) in [5.74, 6) is -0.773. The van der Waals surface area contributed by atoms with Crippen molar-refractivity contribution in [3.8, 4) is 0 Å². The summed E-state index contributed by atoms with van der Waals surface area (Å²) in [5, 5.41) is 41.2. The summed E-state index contributed by atoms with van der Waals surface area (Å²) >= 11 is 0. The molecule has 0 radical (unpaired) electrons. The van der Waals surface area contributed by atoms with Crippen molar-refractivity contribution in [2.24, 2.45) is 5.92 Å². The first-order chi connectivity index (χ1) is 36.2. The molecule has 17 atom stereocenters. The van der Waals surface area contributed by atoms with Crippen LogP contribution in [0.4, 0.5) is 0 Å². The Labute approximate surface area is 447 Å². The molecule has 0 saturated carbocycles. The minimum Gasteiger partial charge on any atom is -0.396 e. The summed E-state index contributed by atoms with van der Waals surface area (Å²) in [6.45, 7) is 4.11. The average Bonchev–Trinajstić information content (AvgIpc) is 3.40. The molecular formula is C52H100N2O21.